The van der Waals surface area contributed by atoms with Gasteiger partial charge in [0.1, 0.15) is 0 Å². The van der Waals surface area contributed by atoms with Gasteiger partial charge in [0.05, 0.1) is 12.1 Å². The zero-order valence-electron chi connectivity index (χ0n) is 9.27. The first-order valence-electron chi connectivity index (χ1n) is 5.40. The number of aliphatic carboxylic acids is 1. The number of aliphatic hydroxyl groups is 1. The van der Waals surface area contributed by atoms with Crippen LogP contribution >= 0.6 is 0 Å². The summed E-state index contributed by atoms with van der Waals surface area (Å²) in [6.07, 6.45) is -0.00708. The van der Waals surface area contributed by atoms with Gasteiger partial charge in [-0.2, -0.15) is 0 Å². The van der Waals surface area contributed by atoms with E-state index in [1.165, 1.54) is 0 Å². The Morgan fingerprint density at radius 3 is 2.75 bits per heavy atom. The Labute approximate surface area is 94.0 Å². The van der Waals surface area contributed by atoms with Crippen LogP contribution in [0.5, 0.6) is 0 Å². The molecule has 1 aliphatic heterocycles. The van der Waals surface area contributed by atoms with E-state index in [0.717, 1.165) is 0 Å². The highest BCUT2D eigenvalue weighted by Crippen LogP contribution is 2.06. The maximum Gasteiger partial charge on any atom is 0.303 e. The van der Waals surface area contributed by atoms with Crippen LogP contribution in [0, 0.1) is 5.92 Å². The third-order valence-electron chi connectivity index (χ3n) is 2.57. The summed E-state index contributed by atoms with van der Waals surface area (Å²) < 4.78 is 0. The number of carbonyl (C=O) groups is 2. The molecule has 92 valence electrons. The lowest BCUT2D eigenvalue weighted by molar-refractivity contribution is -0.138. The van der Waals surface area contributed by atoms with Crippen LogP contribution < -0.4 is 10.6 Å². The number of carbonyl (C=O) groups excluding carboxylic acids is 1. The molecule has 1 rings (SSSR count). The van der Waals surface area contributed by atoms with Crippen LogP contribution in [0.3, 0.4) is 0 Å². The molecule has 0 aromatic carbocycles. The average Bonchev–Trinajstić information content (AvgIpc) is 2.60. The number of amides is 1. The molecule has 1 amide bonds. The highest BCUT2D eigenvalue weighted by molar-refractivity contribution is 5.82. The number of aliphatic hydroxyl groups excluding tert-OH is 1. The SMILES string of the molecule is CC(CNC(=O)C1CC(O)CN1)CC(=O)O. The van der Waals surface area contributed by atoms with Crippen LogP contribution in [0.1, 0.15) is 19.8 Å². The van der Waals surface area contributed by atoms with Crippen molar-refractivity contribution in [3.05, 3.63) is 0 Å². The Hall–Kier alpha value is -1.14. The minimum absolute atomic E-state index is 0.0427. The van der Waals surface area contributed by atoms with Gasteiger partial charge in [-0.05, 0) is 12.3 Å². The van der Waals surface area contributed by atoms with Gasteiger partial charge in [-0.15, -0.1) is 0 Å². The summed E-state index contributed by atoms with van der Waals surface area (Å²) in [6, 6.07) is -0.355. The van der Waals surface area contributed by atoms with Crippen molar-refractivity contribution in [2.45, 2.75) is 31.9 Å². The topological polar surface area (TPSA) is 98.7 Å². The second kappa shape index (κ2) is 5.81. The highest BCUT2D eigenvalue weighted by Gasteiger charge is 2.27. The van der Waals surface area contributed by atoms with E-state index in [0.29, 0.717) is 19.5 Å². The molecule has 0 aromatic rings. The van der Waals surface area contributed by atoms with Gasteiger partial charge in [-0.3, -0.25) is 9.59 Å². The van der Waals surface area contributed by atoms with Gasteiger partial charge >= 0.3 is 5.97 Å². The minimum atomic E-state index is -0.865. The molecule has 1 saturated heterocycles. The third kappa shape index (κ3) is 4.16. The average molecular weight is 230 g/mol. The van der Waals surface area contributed by atoms with Crippen molar-refractivity contribution in [1.82, 2.24) is 10.6 Å². The summed E-state index contributed by atoms with van der Waals surface area (Å²) in [5, 5.41) is 23.3. The van der Waals surface area contributed by atoms with Crippen LogP contribution in [0.25, 0.3) is 0 Å². The number of nitrogens with one attached hydrogen (secondary N) is 2. The molecule has 0 saturated carbocycles. The molecule has 1 fully saturated rings. The molecule has 3 atom stereocenters. The lowest BCUT2D eigenvalue weighted by atomic mass is 10.1. The van der Waals surface area contributed by atoms with Crippen LogP contribution in [-0.4, -0.2) is 47.3 Å². The molecular formula is C10H18N2O4. The van der Waals surface area contributed by atoms with Gasteiger partial charge < -0.3 is 20.8 Å². The standard InChI is InChI=1S/C10H18N2O4/c1-6(2-9(14)15)4-12-10(16)8-3-7(13)5-11-8/h6-8,11,13H,2-5H2,1H3,(H,12,16)(H,14,15). The Kier molecular flexibility index (Phi) is 4.70. The summed E-state index contributed by atoms with van der Waals surface area (Å²) >= 11 is 0. The Morgan fingerprint density at radius 1 is 1.56 bits per heavy atom. The molecule has 3 unspecified atom stereocenters. The molecule has 6 heteroatoms. The minimum Gasteiger partial charge on any atom is -0.481 e. The molecular weight excluding hydrogens is 212 g/mol. The van der Waals surface area contributed by atoms with Crippen LogP contribution in [-0.2, 0) is 9.59 Å². The predicted octanol–water partition coefficient (Wildman–Crippen LogP) is -1.06. The predicted molar refractivity (Wildman–Crippen MR) is 56.8 cm³/mol. The maximum atomic E-state index is 11.5. The van der Waals surface area contributed by atoms with Gasteiger partial charge in [0.25, 0.3) is 0 Å². The zero-order chi connectivity index (χ0) is 12.1. The molecule has 1 aliphatic rings. The van der Waals surface area contributed by atoms with E-state index in [1.54, 1.807) is 6.92 Å². The van der Waals surface area contributed by atoms with Crippen molar-refractivity contribution in [2.75, 3.05) is 13.1 Å². The molecule has 4 N–H and O–H groups in total. The number of rotatable bonds is 5. The lowest BCUT2D eigenvalue weighted by Gasteiger charge is -2.13. The monoisotopic (exact) mass is 230 g/mol. The van der Waals surface area contributed by atoms with Crippen molar-refractivity contribution >= 4 is 11.9 Å². The van der Waals surface area contributed by atoms with Gasteiger partial charge in [-0.25, -0.2) is 0 Å². The highest BCUT2D eigenvalue weighted by atomic mass is 16.4. The Bertz CT molecular complexity index is 270. The van der Waals surface area contributed by atoms with Crippen molar-refractivity contribution < 1.29 is 19.8 Å². The van der Waals surface area contributed by atoms with Gasteiger partial charge in [0, 0.05) is 19.5 Å². The molecule has 0 aromatic heterocycles. The van der Waals surface area contributed by atoms with E-state index in [4.69, 9.17) is 5.11 Å². The maximum absolute atomic E-state index is 11.5. The van der Waals surface area contributed by atoms with Crippen LogP contribution in [0.15, 0.2) is 0 Å². The fraction of sp³-hybridized carbons (Fsp3) is 0.800. The normalized spacial score (nSPS) is 26.4. The van der Waals surface area contributed by atoms with Gasteiger partial charge in [-0.1, -0.05) is 6.92 Å². The van der Waals surface area contributed by atoms with E-state index >= 15 is 0 Å². The largest absolute Gasteiger partial charge is 0.481 e. The molecule has 6 nitrogen and oxygen atoms in total. The fourth-order valence-corrected chi connectivity index (χ4v) is 1.69. The third-order valence-corrected chi connectivity index (χ3v) is 2.57. The summed E-state index contributed by atoms with van der Waals surface area (Å²) in [5.41, 5.74) is 0. The first-order valence-corrected chi connectivity index (χ1v) is 5.40. The first kappa shape index (κ1) is 12.9. The van der Waals surface area contributed by atoms with E-state index in [9.17, 15) is 14.7 Å². The van der Waals surface area contributed by atoms with E-state index in [1.807, 2.05) is 0 Å². The Balaban J connectivity index is 2.22. The molecule has 0 aliphatic carbocycles. The number of carboxylic acids is 1. The summed E-state index contributed by atoms with van der Waals surface area (Å²) in [6.45, 7) is 2.55. The zero-order valence-corrected chi connectivity index (χ0v) is 9.27. The summed E-state index contributed by atoms with van der Waals surface area (Å²) in [5.74, 6) is -1.13. The molecule has 1 heterocycles. The van der Waals surface area contributed by atoms with Crippen molar-refractivity contribution in [1.29, 1.82) is 0 Å². The molecule has 16 heavy (non-hydrogen) atoms. The number of hydrogen-bond donors (Lipinski definition) is 4. The van der Waals surface area contributed by atoms with Crippen LogP contribution in [0.2, 0.25) is 0 Å². The summed E-state index contributed by atoms with van der Waals surface area (Å²) in [4.78, 5) is 21.9. The van der Waals surface area contributed by atoms with E-state index in [2.05, 4.69) is 10.6 Å². The second-order valence-corrected chi connectivity index (χ2v) is 4.30. The quantitative estimate of drug-likeness (QED) is 0.482. The fourth-order valence-electron chi connectivity index (χ4n) is 1.69. The summed E-state index contributed by atoms with van der Waals surface area (Å²) in [7, 11) is 0. The number of β-amino-alcohol motifs (C(OH)–C–C–N with tert-alkyl or cyclic N) is 1. The number of carboxylic acid groups (broad SMARTS) is 1. The Morgan fingerprint density at radius 2 is 2.25 bits per heavy atom. The molecule has 0 spiro atoms. The van der Waals surface area contributed by atoms with Crippen molar-refractivity contribution in [2.24, 2.45) is 5.92 Å². The van der Waals surface area contributed by atoms with Crippen molar-refractivity contribution in [3.8, 4) is 0 Å². The molecule has 0 bridgehead atoms. The second-order valence-electron chi connectivity index (χ2n) is 4.30. The smallest absolute Gasteiger partial charge is 0.303 e. The molecule has 0 radical (unpaired) electrons. The number of hydrogen-bond acceptors (Lipinski definition) is 4. The van der Waals surface area contributed by atoms with Gasteiger partial charge in [0.2, 0.25) is 5.91 Å². The lowest BCUT2D eigenvalue weighted by Crippen LogP contribution is -2.42. The van der Waals surface area contributed by atoms with Gasteiger partial charge in [0.15, 0.2) is 0 Å². The van der Waals surface area contributed by atoms with E-state index in [-0.39, 0.29) is 24.3 Å². The first-order chi connectivity index (χ1) is 7.49. The van der Waals surface area contributed by atoms with Crippen LogP contribution in [0.4, 0.5) is 0 Å². The van der Waals surface area contributed by atoms with Crippen molar-refractivity contribution in [3.63, 3.8) is 0 Å². The van der Waals surface area contributed by atoms with E-state index < -0.39 is 12.1 Å².